The van der Waals surface area contributed by atoms with Crippen LogP contribution in [-0.2, 0) is 0 Å². The Morgan fingerprint density at radius 2 is 1.56 bits per heavy atom. The first-order chi connectivity index (χ1) is 13.1. The molecule has 27 heavy (non-hydrogen) atoms. The van der Waals surface area contributed by atoms with Gasteiger partial charge in [0.1, 0.15) is 29.9 Å². The third-order valence-corrected chi connectivity index (χ3v) is 5.44. The Morgan fingerprint density at radius 1 is 0.926 bits per heavy atom. The average Bonchev–Trinajstić information content (AvgIpc) is 2.69. The van der Waals surface area contributed by atoms with Crippen LogP contribution in [0.25, 0.3) is 11.1 Å². The second-order valence-corrected chi connectivity index (χ2v) is 7.13. The number of rotatable bonds is 5. The molecule has 0 bridgehead atoms. The summed E-state index contributed by atoms with van der Waals surface area (Å²) in [6.45, 7) is -0.394. The lowest BCUT2D eigenvalue weighted by Crippen LogP contribution is -2.12. The molecule has 0 radical (unpaired) electrons. The van der Waals surface area contributed by atoms with Crippen molar-refractivity contribution in [3.63, 3.8) is 0 Å². The van der Waals surface area contributed by atoms with Crippen LogP contribution in [0.4, 0.5) is 13.2 Å². The summed E-state index contributed by atoms with van der Waals surface area (Å²) in [6.07, 6.45) is 8.95. The summed E-state index contributed by atoms with van der Waals surface area (Å²) in [6, 6.07) is 11.8. The number of nitrogens with zero attached hydrogens (tertiary/aromatic N) is 1. The van der Waals surface area contributed by atoms with Crippen molar-refractivity contribution < 1.29 is 13.2 Å². The van der Waals surface area contributed by atoms with Crippen LogP contribution in [0.1, 0.15) is 49.1 Å². The Balaban J connectivity index is 1.66. The van der Waals surface area contributed by atoms with Gasteiger partial charge in [0.2, 0.25) is 0 Å². The first-order valence-electron chi connectivity index (χ1n) is 9.32. The number of allylic oxidation sites excluding steroid dienone is 2. The standard InChI is InChI=1S/C23H22F3N/c24-12-2-1-3-16-4-6-17(7-5-16)18-8-10-19(11-9-18)20-13-22(25)21(15-27)23(26)14-20/h1-2,8-11,13-14,16-17H,3-7,12H2/b2-1+. The zero-order chi connectivity index (χ0) is 19.2. The molecule has 0 N–H and O–H groups in total. The number of halogens is 3. The highest BCUT2D eigenvalue weighted by molar-refractivity contribution is 5.65. The van der Waals surface area contributed by atoms with Gasteiger partial charge >= 0.3 is 0 Å². The number of hydrogen-bond acceptors (Lipinski definition) is 1. The summed E-state index contributed by atoms with van der Waals surface area (Å²) in [7, 11) is 0. The Morgan fingerprint density at radius 3 is 2.11 bits per heavy atom. The van der Waals surface area contributed by atoms with E-state index in [0.717, 1.165) is 37.7 Å². The van der Waals surface area contributed by atoms with Crippen LogP contribution in [0.2, 0.25) is 0 Å². The van der Waals surface area contributed by atoms with Gasteiger partial charge in [-0.3, -0.25) is 0 Å². The first-order valence-corrected chi connectivity index (χ1v) is 9.32. The van der Waals surface area contributed by atoms with Gasteiger partial charge in [0.15, 0.2) is 0 Å². The molecule has 0 unspecified atom stereocenters. The summed E-state index contributed by atoms with van der Waals surface area (Å²) in [5.41, 5.74) is 1.85. The summed E-state index contributed by atoms with van der Waals surface area (Å²) < 4.78 is 39.8. The lowest BCUT2D eigenvalue weighted by molar-refractivity contribution is 0.328. The molecular weight excluding hydrogens is 347 g/mol. The zero-order valence-corrected chi connectivity index (χ0v) is 15.1. The molecule has 3 rings (SSSR count). The van der Waals surface area contributed by atoms with Gasteiger partial charge in [0.05, 0.1) is 0 Å². The smallest absolute Gasteiger partial charge is 0.144 e. The average molecular weight is 369 g/mol. The summed E-state index contributed by atoms with van der Waals surface area (Å²) in [5.74, 6) is -0.545. The minimum atomic E-state index is -0.836. The van der Waals surface area contributed by atoms with Gasteiger partial charge in [-0.1, -0.05) is 36.4 Å². The van der Waals surface area contributed by atoms with Crippen molar-refractivity contribution in [2.45, 2.75) is 38.0 Å². The predicted molar refractivity (Wildman–Crippen MR) is 101 cm³/mol. The minimum Gasteiger partial charge on any atom is -0.247 e. The van der Waals surface area contributed by atoms with Crippen molar-refractivity contribution in [3.05, 3.63) is 71.3 Å². The van der Waals surface area contributed by atoms with E-state index in [1.165, 1.54) is 17.7 Å². The predicted octanol–water partition coefficient (Wildman–Crippen LogP) is 6.69. The van der Waals surface area contributed by atoms with Gasteiger partial charge in [-0.05, 0) is 72.8 Å². The summed E-state index contributed by atoms with van der Waals surface area (Å²) in [4.78, 5) is 0. The van der Waals surface area contributed by atoms with Crippen LogP contribution in [0, 0.1) is 28.9 Å². The van der Waals surface area contributed by atoms with E-state index in [1.54, 1.807) is 12.1 Å². The highest BCUT2D eigenvalue weighted by Gasteiger charge is 2.21. The Hall–Kier alpha value is -2.54. The van der Waals surface area contributed by atoms with Gasteiger partial charge < -0.3 is 0 Å². The molecule has 0 aliphatic heterocycles. The molecule has 0 aromatic heterocycles. The van der Waals surface area contributed by atoms with E-state index in [4.69, 9.17) is 5.26 Å². The molecule has 0 saturated heterocycles. The second kappa shape index (κ2) is 8.90. The normalized spacial score (nSPS) is 19.9. The minimum absolute atomic E-state index is 0.394. The van der Waals surface area contributed by atoms with Gasteiger partial charge in [0.25, 0.3) is 0 Å². The molecule has 2 aromatic carbocycles. The molecule has 0 atom stereocenters. The quantitative estimate of drug-likeness (QED) is 0.538. The van der Waals surface area contributed by atoms with E-state index < -0.39 is 23.9 Å². The van der Waals surface area contributed by atoms with Crippen molar-refractivity contribution in [1.29, 1.82) is 5.26 Å². The van der Waals surface area contributed by atoms with Gasteiger partial charge in [-0.15, -0.1) is 0 Å². The number of nitriles is 1. The van der Waals surface area contributed by atoms with E-state index in [-0.39, 0.29) is 0 Å². The van der Waals surface area contributed by atoms with Crippen molar-refractivity contribution in [2.24, 2.45) is 5.92 Å². The monoisotopic (exact) mass is 369 g/mol. The maximum absolute atomic E-state index is 13.8. The fraction of sp³-hybridized carbons (Fsp3) is 0.348. The molecule has 0 amide bonds. The van der Waals surface area contributed by atoms with E-state index in [2.05, 4.69) is 0 Å². The molecule has 0 spiro atoms. The topological polar surface area (TPSA) is 23.8 Å². The van der Waals surface area contributed by atoms with E-state index >= 15 is 0 Å². The van der Waals surface area contributed by atoms with Crippen LogP contribution < -0.4 is 0 Å². The van der Waals surface area contributed by atoms with Crippen molar-refractivity contribution >= 4 is 0 Å². The highest BCUT2D eigenvalue weighted by Crippen LogP contribution is 2.38. The van der Waals surface area contributed by atoms with Gasteiger partial charge in [-0.25, -0.2) is 13.2 Å². The van der Waals surface area contributed by atoms with Crippen LogP contribution >= 0.6 is 0 Å². The first kappa shape index (κ1) is 19.2. The van der Waals surface area contributed by atoms with Crippen LogP contribution in [0.15, 0.2) is 48.6 Å². The fourth-order valence-electron chi connectivity index (χ4n) is 3.88. The summed E-state index contributed by atoms with van der Waals surface area (Å²) >= 11 is 0. The summed E-state index contributed by atoms with van der Waals surface area (Å²) in [5, 5.41) is 8.77. The number of benzene rings is 2. The zero-order valence-electron chi connectivity index (χ0n) is 15.1. The van der Waals surface area contributed by atoms with E-state index in [9.17, 15) is 13.2 Å². The molecule has 1 aliphatic carbocycles. The molecule has 1 nitrogen and oxygen atoms in total. The molecule has 140 valence electrons. The van der Waals surface area contributed by atoms with Crippen LogP contribution in [0.5, 0.6) is 0 Å². The Bertz CT molecular complexity index is 818. The lowest BCUT2D eigenvalue weighted by Gasteiger charge is -2.28. The van der Waals surface area contributed by atoms with Crippen LogP contribution in [-0.4, -0.2) is 6.67 Å². The second-order valence-electron chi connectivity index (χ2n) is 7.13. The Labute approximate surface area is 158 Å². The fourth-order valence-corrected chi connectivity index (χ4v) is 3.88. The van der Waals surface area contributed by atoms with Crippen LogP contribution in [0.3, 0.4) is 0 Å². The molecular formula is C23H22F3N. The number of alkyl halides is 1. The molecule has 1 fully saturated rings. The lowest BCUT2D eigenvalue weighted by atomic mass is 9.77. The Kier molecular flexibility index (Phi) is 6.34. The maximum Gasteiger partial charge on any atom is 0.144 e. The highest BCUT2D eigenvalue weighted by atomic mass is 19.1. The van der Waals surface area contributed by atoms with Gasteiger partial charge in [0, 0.05) is 0 Å². The molecule has 1 aliphatic rings. The van der Waals surface area contributed by atoms with Gasteiger partial charge in [-0.2, -0.15) is 5.26 Å². The van der Waals surface area contributed by atoms with E-state index in [1.807, 2.05) is 30.3 Å². The van der Waals surface area contributed by atoms with Crippen molar-refractivity contribution in [3.8, 4) is 17.2 Å². The van der Waals surface area contributed by atoms with Crippen molar-refractivity contribution in [1.82, 2.24) is 0 Å². The maximum atomic E-state index is 13.8. The van der Waals surface area contributed by atoms with Crippen molar-refractivity contribution in [2.75, 3.05) is 6.67 Å². The third-order valence-electron chi connectivity index (χ3n) is 5.44. The molecule has 1 saturated carbocycles. The van der Waals surface area contributed by atoms with E-state index in [0.29, 0.717) is 17.4 Å². The molecule has 0 heterocycles. The number of hydrogen-bond donors (Lipinski definition) is 0. The molecule has 2 aromatic rings. The largest absolute Gasteiger partial charge is 0.247 e. The SMILES string of the molecule is N#Cc1c(F)cc(-c2ccc(C3CCC(C/C=C/CF)CC3)cc2)cc1F. The molecule has 4 heteroatoms. The third kappa shape index (κ3) is 4.60.